The van der Waals surface area contributed by atoms with E-state index in [4.69, 9.17) is 14.2 Å². The molecule has 2 aliphatic heterocycles. The molecular formula is C17H26N2O3. The summed E-state index contributed by atoms with van der Waals surface area (Å²) in [5.41, 5.74) is 3.17. The number of hydrogen-bond acceptors (Lipinski definition) is 5. The van der Waals surface area contributed by atoms with Crippen molar-refractivity contribution in [3.8, 4) is 5.75 Å². The average molecular weight is 306 g/mol. The van der Waals surface area contributed by atoms with E-state index in [2.05, 4.69) is 23.7 Å². The second-order valence-corrected chi connectivity index (χ2v) is 6.43. The van der Waals surface area contributed by atoms with E-state index in [0.29, 0.717) is 0 Å². The largest absolute Gasteiger partial charge is 0.496 e. The molecule has 5 nitrogen and oxygen atoms in total. The second kappa shape index (κ2) is 6.14. The molecular weight excluding hydrogens is 280 g/mol. The standard InChI is InChI=1S/C17H26N2O3/c1-12-9-18-15(13(2)16(12)20-4)10-19-6-8-22-17(11-19)5-7-21-14(17)3/h9,14H,5-8,10-11H2,1-4H3/t14-,17+/m0/s1. The number of methoxy groups -OCH3 is 1. The SMILES string of the molecule is COc1c(C)cnc(CN2CCO[C@]3(CCO[C@H]3C)C2)c1C. The minimum atomic E-state index is -0.138. The third kappa shape index (κ3) is 2.73. The van der Waals surface area contributed by atoms with Crippen LogP contribution in [0.3, 0.4) is 0 Å². The van der Waals surface area contributed by atoms with Crippen LogP contribution in [0.5, 0.6) is 5.75 Å². The van der Waals surface area contributed by atoms with Crippen molar-refractivity contribution in [2.24, 2.45) is 0 Å². The molecule has 0 unspecified atom stereocenters. The molecule has 1 aromatic rings. The van der Waals surface area contributed by atoms with Gasteiger partial charge in [0.1, 0.15) is 11.4 Å². The third-order valence-electron chi connectivity index (χ3n) is 5.05. The van der Waals surface area contributed by atoms with Crippen LogP contribution in [0, 0.1) is 13.8 Å². The van der Waals surface area contributed by atoms with Crippen molar-refractivity contribution in [1.82, 2.24) is 9.88 Å². The Morgan fingerprint density at radius 3 is 2.91 bits per heavy atom. The second-order valence-electron chi connectivity index (χ2n) is 6.43. The lowest BCUT2D eigenvalue weighted by Gasteiger charge is -2.42. The highest BCUT2D eigenvalue weighted by Crippen LogP contribution is 2.34. The van der Waals surface area contributed by atoms with Crippen LogP contribution in [-0.4, -0.2) is 55.0 Å². The molecule has 2 atom stereocenters. The Balaban J connectivity index is 1.76. The zero-order valence-corrected chi connectivity index (χ0v) is 14.0. The van der Waals surface area contributed by atoms with Gasteiger partial charge in [-0.25, -0.2) is 0 Å². The molecule has 0 radical (unpaired) electrons. The molecule has 2 fully saturated rings. The van der Waals surface area contributed by atoms with Gasteiger partial charge in [-0.3, -0.25) is 9.88 Å². The third-order valence-corrected chi connectivity index (χ3v) is 5.05. The molecule has 0 bridgehead atoms. The molecule has 1 aromatic heterocycles. The maximum atomic E-state index is 6.09. The number of ether oxygens (including phenoxy) is 3. The van der Waals surface area contributed by atoms with Crippen molar-refractivity contribution < 1.29 is 14.2 Å². The summed E-state index contributed by atoms with van der Waals surface area (Å²) in [4.78, 5) is 7.05. The van der Waals surface area contributed by atoms with E-state index in [1.54, 1.807) is 7.11 Å². The molecule has 0 N–H and O–H groups in total. The van der Waals surface area contributed by atoms with Crippen molar-refractivity contribution in [3.63, 3.8) is 0 Å². The molecule has 0 aliphatic carbocycles. The summed E-state index contributed by atoms with van der Waals surface area (Å²) >= 11 is 0. The van der Waals surface area contributed by atoms with Gasteiger partial charge in [0.25, 0.3) is 0 Å². The van der Waals surface area contributed by atoms with E-state index >= 15 is 0 Å². The summed E-state index contributed by atoms with van der Waals surface area (Å²) in [6.07, 6.45) is 3.05. The first-order valence-corrected chi connectivity index (χ1v) is 8.03. The van der Waals surface area contributed by atoms with Gasteiger partial charge in [-0.15, -0.1) is 0 Å². The smallest absolute Gasteiger partial charge is 0.128 e. The number of rotatable bonds is 3. The van der Waals surface area contributed by atoms with Crippen molar-refractivity contribution in [3.05, 3.63) is 23.0 Å². The Labute approximate surface area is 132 Å². The predicted molar refractivity (Wildman–Crippen MR) is 84.3 cm³/mol. The first kappa shape index (κ1) is 15.7. The number of nitrogens with zero attached hydrogens (tertiary/aromatic N) is 2. The van der Waals surface area contributed by atoms with Gasteiger partial charge in [-0.05, 0) is 20.8 Å². The summed E-state index contributed by atoms with van der Waals surface area (Å²) in [6.45, 7) is 10.5. The predicted octanol–water partition coefficient (Wildman–Crippen LogP) is 2.09. The zero-order valence-electron chi connectivity index (χ0n) is 14.0. The van der Waals surface area contributed by atoms with Gasteiger partial charge >= 0.3 is 0 Å². The molecule has 0 saturated carbocycles. The summed E-state index contributed by atoms with van der Waals surface area (Å²) < 4.78 is 17.3. The van der Waals surface area contributed by atoms with Crippen LogP contribution in [-0.2, 0) is 16.0 Å². The quantitative estimate of drug-likeness (QED) is 0.855. The highest BCUT2D eigenvalue weighted by Gasteiger charge is 2.45. The summed E-state index contributed by atoms with van der Waals surface area (Å²) in [5.74, 6) is 0.950. The van der Waals surface area contributed by atoms with E-state index in [1.807, 2.05) is 13.1 Å². The summed E-state index contributed by atoms with van der Waals surface area (Å²) in [7, 11) is 1.72. The van der Waals surface area contributed by atoms with Gasteiger partial charge in [-0.2, -0.15) is 0 Å². The van der Waals surface area contributed by atoms with Gasteiger partial charge in [0, 0.05) is 50.0 Å². The molecule has 1 spiro atoms. The number of hydrogen-bond donors (Lipinski definition) is 0. The maximum absolute atomic E-state index is 6.09. The van der Waals surface area contributed by atoms with Gasteiger partial charge in [0.15, 0.2) is 0 Å². The van der Waals surface area contributed by atoms with Crippen LogP contribution in [0.4, 0.5) is 0 Å². The molecule has 0 amide bonds. The molecule has 0 aromatic carbocycles. The van der Waals surface area contributed by atoms with Crippen LogP contribution in [0.2, 0.25) is 0 Å². The number of pyridine rings is 1. The molecule has 2 saturated heterocycles. The zero-order chi connectivity index (χ0) is 15.7. The van der Waals surface area contributed by atoms with E-state index in [1.165, 1.54) is 0 Å². The van der Waals surface area contributed by atoms with E-state index in [0.717, 1.165) is 61.8 Å². The number of morpholine rings is 1. The number of aromatic nitrogens is 1. The number of aryl methyl sites for hydroxylation is 1. The van der Waals surface area contributed by atoms with Crippen LogP contribution in [0.15, 0.2) is 6.20 Å². The van der Waals surface area contributed by atoms with Crippen molar-refractivity contribution >= 4 is 0 Å². The molecule has 22 heavy (non-hydrogen) atoms. The lowest BCUT2D eigenvalue weighted by Crippen LogP contribution is -2.55. The fraction of sp³-hybridized carbons (Fsp3) is 0.706. The van der Waals surface area contributed by atoms with E-state index in [-0.39, 0.29) is 11.7 Å². The topological polar surface area (TPSA) is 43.8 Å². The monoisotopic (exact) mass is 306 g/mol. The molecule has 122 valence electrons. The van der Waals surface area contributed by atoms with Crippen LogP contribution in [0.1, 0.15) is 30.2 Å². The maximum Gasteiger partial charge on any atom is 0.128 e. The minimum Gasteiger partial charge on any atom is -0.496 e. The Hall–Kier alpha value is -1.17. The lowest BCUT2D eigenvalue weighted by molar-refractivity contribution is -0.137. The van der Waals surface area contributed by atoms with E-state index in [9.17, 15) is 0 Å². The van der Waals surface area contributed by atoms with Crippen molar-refractivity contribution in [2.45, 2.75) is 45.4 Å². The van der Waals surface area contributed by atoms with Gasteiger partial charge in [0.2, 0.25) is 0 Å². The highest BCUT2D eigenvalue weighted by molar-refractivity contribution is 5.41. The van der Waals surface area contributed by atoms with Gasteiger partial charge in [-0.1, -0.05) is 0 Å². The van der Waals surface area contributed by atoms with Gasteiger partial charge in [0.05, 0.1) is 25.5 Å². The van der Waals surface area contributed by atoms with Crippen LogP contribution in [0.25, 0.3) is 0 Å². The summed E-state index contributed by atoms with van der Waals surface area (Å²) in [5, 5.41) is 0. The Morgan fingerprint density at radius 1 is 1.41 bits per heavy atom. The Morgan fingerprint density at radius 2 is 2.23 bits per heavy atom. The molecule has 2 aliphatic rings. The van der Waals surface area contributed by atoms with Crippen molar-refractivity contribution in [1.29, 1.82) is 0 Å². The highest BCUT2D eigenvalue weighted by atomic mass is 16.6. The first-order valence-electron chi connectivity index (χ1n) is 8.03. The molecule has 3 heterocycles. The summed E-state index contributed by atoms with van der Waals surface area (Å²) in [6, 6.07) is 0. The first-order chi connectivity index (χ1) is 10.6. The Kier molecular flexibility index (Phi) is 4.39. The Bertz CT molecular complexity index is 549. The van der Waals surface area contributed by atoms with E-state index < -0.39 is 0 Å². The molecule has 3 rings (SSSR count). The lowest BCUT2D eigenvalue weighted by atomic mass is 9.94. The van der Waals surface area contributed by atoms with Crippen molar-refractivity contribution in [2.75, 3.05) is 33.4 Å². The van der Waals surface area contributed by atoms with Crippen LogP contribution < -0.4 is 4.74 Å². The normalized spacial score (nSPS) is 29.2. The van der Waals surface area contributed by atoms with Gasteiger partial charge < -0.3 is 14.2 Å². The fourth-order valence-corrected chi connectivity index (χ4v) is 3.62. The average Bonchev–Trinajstić information content (AvgIpc) is 2.83. The minimum absolute atomic E-state index is 0.138. The van der Waals surface area contributed by atoms with Crippen LogP contribution >= 0.6 is 0 Å². The fourth-order valence-electron chi connectivity index (χ4n) is 3.62. The molecule has 5 heteroatoms.